The summed E-state index contributed by atoms with van der Waals surface area (Å²) in [6.45, 7) is 2.08. The molecule has 1 aromatic carbocycles. The zero-order valence-electron chi connectivity index (χ0n) is 7.42. The number of hydrogen-bond donors (Lipinski definition) is 2. The van der Waals surface area contributed by atoms with Gasteiger partial charge in [0.05, 0.1) is 0 Å². The average molecular weight is 198 g/mol. The van der Waals surface area contributed by atoms with Crippen LogP contribution in [0.25, 0.3) is 0 Å². The maximum atomic E-state index is 9.62. The highest BCUT2D eigenvalue weighted by Gasteiger charge is 2.27. The van der Waals surface area contributed by atoms with Crippen molar-refractivity contribution in [3.63, 3.8) is 0 Å². The molecule has 2 unspecified atom stereocenters. The topological polar surface area (TPSA) is 32.3 Å². The number of hydrogen-bond acceptors (Lipinski definition) is 2. The first kappa shape index (κ1) is 9.00. The number of fused-ring (bicyclic) bond motifs is 1. The van der Waals surface area contributed by atoms with Gasteiger partial charge in [0.15, 0.2) is 0 Å². The summed E-state index contributed by atoms with van der Waals surface area (Å²) in [6.07, 6.45) is 0.432. The predicted molar refractivity (Wildman–Crippen MR) is 52.6 cm³/mol. The molecule has 0 saturated carbocycles. The molecule has 2 nitrogen and oxygen atoms in total. The molecule has 2 rings (SSSR count). The number of aliphatic hydroxyl groups excluding tert-OH is 1. The molecule has 0 amide bonds. The van der Waals surface area contributed by atoms with E-state index in [0.717, 1.165) is 22.6 Å². The van der Waals surface area contributed by atoms with Crippen LogP contribution in [0.15, 0.2) is 18.2 Å². The van der Waals surface area contributed by atoms with Crippen LogP contribution < -0.4 is 5.32 Å². The van der Waals surface area contributed by atoms with Crippen LogP contribution in [-0.4, -0.2) is 5.11 Å². The van der Waals surface area contributed by atoms with Crippen molar-refractivity contribution >= 4 is 11.6 Å². The molecule has 70 valence electrons. The summed E-state index contributed by atoms with van der Waals surface area (Å²) in [7, 11) is 0. The molecule has 0 aliphatic carbocycles. The first-order valence-corrected chi connectivity index (χ1v) is 4.83. The Morgan fingerprint density at radius 1 is 1.46 bits per heavy atom. The van der Waals surface area contributed by atoms with Gasteiger partial charge < -0.3 is 5.11 Å². The molecule has 13 heavy (non-hydrogen) atoms. The van der Waals surface area contributed by atoms with E-state index >= 15 is 0 Å². The van der Waals surface area contributed by atoms with E-state index in [9.17, 15) is 5.11 Å². The smallest absolute Gasteiger partial charge is 0.131 e. The minimum atomic E-state index is -0.530. The Bertz CT molecular complexity index is 327. The lowest BCUT2D eigenvalue weighted by Gasteiger charge is -2.08. The molecule has 2 N–H and O–H groups in total. The summed E-state index contributed by atoms with van der Waals surface area (Å²) in [6, 6.07) is 5.85. The lowest BCUT2D eigenvalue weighted by atomic mass is 10.0. The zero-order chi connectivity index (χ0) is 9.42. The quantitative estimate of drug-likeness (QED) is 0.725. The molecule has 1 aliphatic rings. The van der Waals surface area contributed by atoms with E-state index in [1.54, 1.807) is 0 Å². The minimum Gasteiger partial charge on any atom is -0.374 e. The minimum absolute atomic E-state index is 0.240. The Labute approximate surface area is 82.5 Å². The van der Waals surface area contributed by atoms with Crippen LogP contribution in [0, 0.1) is 0 Å². The molecule has 3 heteroatoms. The van der Waals surface area contributed by atoms with Crippen LogP contribution in [0.3, 0.4) is 0 Å². The number of nitrogens with one attached hydrogen (secondary N) is 1. The SMILES string of the molecule is CCC1NC(O)c2ccc(Cl)cc21. The van der Waals surface area contributed by atoms with Crippen molar-refractivity contribution in [3.8, 4) is 0 Å². The molecule has 1 heterocycles. The Morgan fingerprint density at radius 3 is 2.92 bits per heavy atom. The Morgan fingerprint density at radius 2 is 2.23 bits per heavy atom. The highest BCUT2D eigenvalue weighted by Crippen LogP contribution is 2.34. The number of aliphatic hydroxyl groups is 1. The molecule has 0 aromatic heterocycles. The monoisotopic (exact) mass is 197 g/mol. The van der Waals surface area contributed by atoms with Gasteiger partial charge >= 0.3 is 0 Å². The van der Waals surface area contributed by atoms with Crippen molar-refractivity contribution in [2.24, 2.45) is 0 Å². The standard InChI is InChI=1S/C10H12ClNO/c1-2-9-8-5-6(11)3-4-7(8)10(13)12-9/h3-5,9-10,12-13H,2H2,1H3. The lowest BCUT2D eigenvalue weighted by Crippen LogP contribution is -2.16. The maximum Gasteiger partial charge on any atom is 0.131 e. The van der Waals surface area contributed by atoms with Gasteiger partial charge in [-0.2, -0.15) is 0 Å². The Balaban J connectivity index is 2.46. The summed E-state index contributed by atoms with van der Waals surface area (Å²) in [5, 5.41) is 13.4. The van der Waals surface area contributed by atoms with Gasteiger partial charge in [-0.25, -0.2) is 0 Å². The third-order valence-electron chi connectivity index (χ3n) is 2.49. The van der Waals surface area contributed by atoms with Crippen molar-refractivity contribution in [2.75, 3.05) is 0 Å². The second-order valence-electron chi connectivity index (χ2n) is 3.30. The number of rotatable bonds is 1. The highest BCUT2D eigenvalue weighted by molar-refractivity contribution is 6.30. The highest BCUT2D eigenvalue weighted by atomic mass is 35.5. The van der Waals surface area contributed by atoms with Gasteiger partial charge in [-0.3, -0.25) is 5.32 Å². The van der Waals surface area contributed by atoms with E-state index in [1.807, 2.05) is 18.2 Å². The van der Waals surface area contributed by atoms with Gasteiger partial charge in [-0.15, -0.1) is 0 Å². The molecular weight excluding hydrogens is 186 g/mol. The van der Waals surface area contributed by atoms with Gasteiger partial charge in [0, 0.05) is 11.1 Å². The van der Waals surface area contributed by atoms with Crippen LogP contribution in [0.2, 0.25) is 5.02 Å². The Hall–Kier alpha value is -0.570. The zero-order valence-corrected chi connectivity index (χ0v) is 8.17. The van der Waals surface area contributed by atoms with Crippen LogP contribution >= 0.6 is 11.6 Å². The summed E-state index contributed by atoms with van der Waals surface area (Å²) >= 11 is 5.88. The maximum absolute atomic E-state index is 9.62. The van der Waals surface area contributed by atoms with Crippen molar-refractivity contribution in [1.82, 2.24) is 5.32 Å². The van der Waals surface area contributed by atoms with Crippen LogP contribution in [0.5, 0.6) is 0 Å². The van der Waals surface area contributed by atoms with Gasteiger partial charge in [0.1, 0.15) is 6.23 Å². The van der Waals surface area contributed by atoms with Gasteiger partial charge in [0.25, 0.3) is 0 Å². The number of benzene rings is 1. The fraction of sp³-hybridized carbons (Fsp3) is 0.400. The molecule has 0 spiro atoms. The summed E-state index contributed by atoms with van der Waals surface area (Å²) < 4.78 is 0. The third-order valence-corrected chi connectivity index (χ3v) is 2.72. The average Bonchev–Trinajstić information content (AvgIpc) is 2.42. The largest absolute Gasteiger partial charge is 0.374 e. The molecule has 0 fully saturated rings. The van der Waals surface area contributed by atoms with E-state index in [4.69, 9.17) is 11.6 Å². The van der Waals surface area contributed by atoms with E-state index in [0.29, 0.717) is 0 Å². The van der Waals surface area contributed by atoms with Crippen molar-refractivity contribution < 1.29 is 5.11 Å². The molecule has 2 atom stereocenters. The Kier molecular flexibility index (Phi) is 2.28. The number of halogens is 1. The van der Waals surface area contributed by atoms with E-state index < -0.39 is 6.23 Å². The summed E-state index contributed by atoms with van der Waals surface area (Å²) in [5.74, 6) is 0. The second kappa shape index (κ2) is 3.29. The molecule has 0 bridgehead atoms. The normalized spacial score (nSPS) is 26.1. The van der Waals surface area contributed by atoms with Crippen LogP contribution in [0.1, 0.15) is 36.7 Å². The van der Waals surface area contributed by atoms with E-state index in [2.05, 4.69) is 12.2 Å². The fourth-order valence-electron chi connectivity index (χ4n) is 1.80. The predicted octanol–water partition coefficient (Wildman–Crippen LogP) is 2.39. The van der Waals surface area contributed by atoms with Crippen molar-refractivity contribution in [3.05, 3.63) is 34.3 Å². The fourth-order valence-corrected chi connectivity index (χ4v) is 1.98. The molecular formula is C10H12ClNO. The van der Waals surface area contributed by atoms with Gasteiger partial charge in [-0.05, 0) is 29.7 Å². The van der Waals surface area contributed by atoms with Gasteiger partial charge in [0.2, 0.25) is 0 Å². The van der Waals surface area contributed by atoms with E-state index in [-0.39, 0.29) is 6.04 Å². The van der Waals surface area contributed by atoms with Crippen LogP contribution in [-0.2, 0) is 0 Å². The lowest BCUT2D eigenvalue weighted by molar-refractivity contribution is 0.140. The van der Waals surface area contributed by atoms with Crippen molar-refractivity contribution in [2.45, 2.75) is 25.6 Å². The third kappa shape index (κ3) is 1.46. The summed E-state index contributed by atoms with van der Waals surface area (Å²) in [5.41, 5.74) is 2.08. The van der Waals surface area contributed by atoms with E-state index in [1.165, 1.54) is 0 Å². The van der Waals surface area contributed by atoms with Crippen molar-refractivity contribution in [1.29, 1.82) is 0 Å². The van der Waals surface area contributed by atoms with Gasteiger partial charge in [-0.1, -0.05) is 24.6 Å². The molecule has 0 saturated heterocycles. The first-order valence-electron chi connectivity index (χ1n) is 4.46. The summed E-state index contributed by atoms with van der Waals surface area (Å²) in [4.78, 5) is 0. The van der Waals surface area contributed by atoms with Crippen LogP contribution in [0.4, 0.5) is 0 Å². The molecule has 0 radical (unpaired) electrons. The molecule has 1 aliphatic heterocycles. The first-order chi connectivity index (χ1) is 6.22. The second-order valence-corrected chi connectivity index (χ2v) is 3.74. The molecule has 1 aromatic rings.